The van der Waals surface area contributed by atoms with Crippen LogP contribution in [0.15, 0.2) is 54.6 Å². The minimum Gasteiger partial charge on any atom is -0.493 e. The zero-order valence-corrected chi connectivity index (χ0v) is 12.0. The Bertz CT molecular complexity index is 549. The van der Waals surface area contributed by atoms with Crippen LogP contribution in [0.4, 0.5) is 0 Å². The quantitative estimate of drug-likeness (QED) is 0.726. The summed E-state index contributed by atoms with van der Waals surface area (Å²) in [6.07, 6.45) is 0.246. The van der Waals surface area contributed by atoms with Gasteiger partial charge in [-0.3, -0.25) is 4.79 Å². The molecule has 2 aromatic rings. The maximum Gasteiger partial charge on any atom is 0.309 e. The molecule has 0 radical (unpaired) electrons. The highest BCUT2D eigenvalue weighted by atomic mass is 16.5. The zero-order chi connectivity index (χ0) is 14.9. The van der Waals surface area contributed by atoms with E-state index in [0.717, 1.165) is 11.5 Å². The van der Waals surface area contributed by atoms with Crippen molar-refractivity contribution in [2.24, 2.45) is 0 Å². The van der Waals surface area contributed by atoms with Gasteiger partial charge in [-0.25, -0.2) is 0 Å². The second-order valence-corrected chi connectivity index (χ2v) is 4.29. The first-order valence-corrected chi connectivity index (χ1v) is 6.89. The summed E-state index contributed by atoms with van der Waals surface area (Å²) in [4.78, 5) is 11.2. The third-order valence-electron chi connectivity index (χ3n) is 2.68. The number of hydrogen-bond donors (Lipinski definition) is 0. The number of ether oxygens (including phenoxy) is 3. The highest BCUT2D eigenvalue weighted by Gasteiger charge is 2.02. The van der Waals surface area contributed by atoms with Crippen LogP contribution in [0.1, 0.15) is 13.3 Å². The molecule has 0 spiro atoms. The van der Waals surface area contributed by atoms with Gasteiger partial charge >= 0.3 is 5.97 Å². The molecule has 0 heterocycles. The summed E-state index contributed by atoms with van der Waals surface area (Å²) in [7, 11) is 0. The Hall–Kier alpha value is -2.49. The predicted octanol–water partition coefficient (Wildman–Crippen LogP) is 3.81. The summed E-state index contributed by atoms with van der Waals surface area (Å²) in [5.74, 6) is 1.97. The molecule has 2 aromatic carbocycles. The Morgan fingerprint density at radius 3 is 2.19 bits per heavy atom. The Kier molecular flexibility index (Phi) is 5.64. The molecule has 4 heteroatoms. The van der Waals surface area contributed by atoms with Gasteiger partial charge in [-0.2, -0.15) is 0 Å². The van der Waals surface area contributed by atoms with Gasteiger partial charge in [-0.05, 0) is 43.3 Å². The lowest BCUT2D eigenvalue weighted by molar-refractivity contribution is -0.143. The molecule has 0 aliphatic heterocycles. The summed E-state index contributed by atoms with van der Waals surface area (Å²) >= 11 is 0. The molecule has 0 aliphatic rings. The average Bonchev–Trinajstić information content (AvgIpc) is 2.50. The number of esters is 1. The standard InChI is InChI=1S/C17H18O4/c1-2-19-17(18)12-13-20-14-8-10-16(11-9-14)21-15-6-4-3-5-7-15/h3-11H,2,12-13H2,1H3. The van der Waals surface area contributed by atoms with Crippen molar-refractivity contribution in [1.82, 2.24) is 0 Å². The van der Waals surface area contributed by atoms with E-state index < -0.39 is 0 Å². The highest BCUT2D eigenvalue weighted by molar-refractivity contribution is 5.69. The topological polar surface area (TPSA) is 44.8 Å². The van der Waals surface area contributed by atoms with E-state index in [-0.39, 0.29) is 12.4 Å². The molecule has 0 unspecified atom stereocenters. The second kappa shape index (κ2) is 7.94. The van der Waals surface area contributed by atoms with E-state index in [0.29, 0.717) is 19.0 Å². The van der Waals surface area contributed by atoms with Gasteiger partial charge in [0, 0.05) is 0 Å². The Balaban J connectivity index is 1.80. The summed E-state index contributed by atoms with van der Waals surface area (Å²) in [5.41, 5.74) is 0. The maximum atomic E-state index is 11.2. The maximum absolute atomic E-state index is 11.2. The van der Waals surface area contributed by atoms with Crippen LogP contribution < -0.4 is 9.47 Å². The first kappa shape index (κ1) is 14.9. The van der Waals surface area contributed by atoms with E-state index in [1.54, 1.807) is 6.92 Å². The van der Waals surface area contributed by atoms with E-state index >= 15 is 0 Å². The first-order valence-electron chi connectivity index (χ1n) is 6.89. The Morgan fingerprint density at radius 2 is 1.52 bits per heavy atom. The van der Waals surface area contributed by atoms with Gasteiger partial charge in [0.15, 0.2) is 0 Å². The molecule has 0 saturated carbocycles. The monoisotopic (exact) mass is 286 g/mol. The smallest absolute Gasteiger partial charge is 0.309 e. The van der Waals surface area contributed by atoms with E-state index in [2.05, 4.69) is 0 Å². The molecule has 21 heavy (non-hydrogen) atoms. The summed E-state index contributed by atoms with van der Waals surface area (Å²) in [6.45, 7) is 2.48. The summed E-state index contributed by atoms with van der Waals surface area (Å²) in [6, 6.07) is 16.8. The van der Waals surface area contributed by atoms with Crippen LogP contribution in [-0.2, 0) is 9.53 Å². The van der Waals surface area contributed by atoms with Gasteiger partial charge in [-0.1, -0.05) is 18.2 Å². The number of benzene rings is 2. The largest absolute Gasteiger partial charge is 0.493 e. The third kappa shape index (κ3) is 5.18. The summed E-state index contributed by atoms with van der Waals surface area (Å²) < 4.78 is 16.0. The van der Waals surface area contributed by atoms with Crippen LogP contribution in [0, 0.1) is 0 Å². The molecule has 4 nitrogen and oxygen atoms in total. The van der Waals surface area contributed by atoms with Crippen molar-refractivity contribution in [1.29, 1.82) is 0 Å². The van der Waals surface area contributed by atoms with Gasteiger partial charge in [-0.15, -0.1) is 0 Å². The molecule has 2 rings (SSSR count). The molecular weight excluding hydrogens is 268 g/mol. The van der Waals surface area contributed by atoms with Crippen LogP contribution in [0.2, 0.25) is 0 Å². The first-order chi connectivity index (χ1) is 10.3. The fourth-order valence-electron chi connectivity index (χ4n) is 1.71. The second-order valence-electron chi connectivity index (χ2n) is 4.29. The molecule has 0 bridgehead atoms. The van der Waals surface area contributed by atoms with Gasteiger partial charge in [0.2, 0.25) is 0 Å². The molecule has 0 fully saturated rings. The van der Waals surface area contributed by atoms with Crippen molar-refractivity contribution >= 4 is 5.97 Å². The lowest BCUT2D eigenvalue weighted by atomic mass is 10.3. The fraction of sp³-hybridized carbons (Fsp3) is 0.235. The predicted molar refractivity (Wildman–Crippen MR) is 79.7 cm³/mol. The van der Waals surface area contributed by atoms with E-state index in [4.69, 9.17) is 14.2 Å². The molecule has 110 valence electrons. The van der Waals surface area contributed by atoms with Gasteiger partial charge in [0.1, 0.15) is 17.2 Å². The molecule has 0 N–H and O–H groups in total. The summed E-state index contributed by atoms with van der Waals surface area (Å²) in [5, 5.41) is 0. The molecule has 0 amide bonds. The zero-order valence-electron chi connectivity index (χ0n) is 12.0. The average molecular weight is 286 g/mol. The van der Waals surface area contributed by atoms with Crippen LogP contribution in [-0.4, -0.2) is 19.2 Å². The minimum absolute atomic E-state index is 0.246. The Morgan fingerprint density at radius 1 is 0.905 bits per heavy atom. The normalized spacial score (nSPS) is 9.95. The Labute approximate surface area is 124 Å². The van der Waals surface area contributed by atoms with Gasteiger partial charge in [0.05, 0.1) is 19.6 Å². The van der Waals surface area contributed by atoms with E-state index in [1.165, 1.54) is 0 Å². The van der Waals surface area contributed by atoms with Crippen molar-refractivity contribution in [3.05, 3.63) is 54.6 Å². The van der Waals surface area contributed by atoms with Crippen LogP contribution in [0.3, 0.4) is 0 Å². The van der Waals surface area contributed by atoms with Crippen LogP contribution in [0.25, 0.3) is 0 Å². The van der Waals surface area contributed by atoms with Crippen LogP contribution >= 0.6 is 0 Å². The van der Waals surface area contributed by atoms with Crippen LogP contribution in [0.5, 0.6) is 17.2 Å². The lowest BCUT2D eigenvalue weighted by Gasteiger charge is -2.08. The minimum atomic E-state index is -0.249. The number of para-hydroxylation sites is 1. The highest BCUT2D eigenvalue weighted by Crippen LogP contribution is 2.23. The van der Waals surface area contributed by atoms with Crippen molar-refractivity contribution in [3.8, 4) is 17.2 Å². The third-order valence-corrected chi connectivity index (χ3v) is 2.68. The molecule has 0 aromatic heterocycles. The fourth-order valence-corrected chi connectivity index (χ4v) is 1.71. The van der Waals surface area contributed by atoms with Gasteiger partial charge in [0.25, 0.3) is 0 Å². The molecule has 0 saturated heterocycles. The van der Waals surface area contributed by atoms with Crippen molar-refractivity contribution < 1.29 is 19.0 Å². The molecule has 0 aliphatic carbocycles. The van der Waals surface area contributed by atoms with E-state index in [1.807, 2.05) is 54.6 Å². The number of rotatable bonds is 7. The van der Waals surface area contributed by atoms with Crippen molar-refractivity contribution in [3.63, 3.8) is 0 Å². The van der Waals surface area contributed by atoms with Crippen molar-refractivity contribution in [2.75, 3.05) is 13.2 Å². The van der Waals surface area contributed by atoms with E-state index in [9.17, 15) is 4.79 Å². The number of carbonyl (C=O) groups excluding carboxylic acids is 1. The number of carbonyl (C=O) groups is 1. The molecule has 0 atom stereocenters. The van der Waals surface area contributed by atoms with Gasteiger partial charge < -0.3 is 14.2 Å². The lowest BCUT2D eigenvalue weighted by Crippen LogP contribution is -2.09. The SMILES string of the molecule is CCOC(=O)CCOc1ccc(Oc2ccccc2)cc1. The van der Waals surface area contributed by atoms with Crippen molar-refractivity contribution in [2.45, 2.75) is 13.3 Å². The number of hydrogen-bond acceptors (Lipinski definition) is 4. The molecular formula is C17H18O4.